The van der Waals surface area contributed by atoms with E-state index in [1.807, 2.05) is 0 Å². The fourth-order valence-electron chi connectivity index (χ4n) is 1.23. The molecule has 0 saturated heterocycles. The Bertz CT molecular complexity index is 414. The third kappa shape index (κ3) is 4.32. The summed E-state index contributed by atoms with van der Waals surface area (Å²) < 4.78 is 4.44. The van der Waals surface area contributed by atoms with Crippen molar-refractivity contribution in [3.63, 3.8) is 0 Å². The zero-order valence-electron chi connectivity index (χ0n) is 9.33. The molecule has 1 rings (SSSR count). The second kappa shape index (κ2) is 6.10. The first-order chi connectivity index (χ1) is 8.02. The van der Waals surface area contributed by atoms with E-state index in [2.05, 4.69) is 10.1 Å². The second-order valence-corrected chi connectivity index (χ2v) is 3.79. The van der Waals surface area contributed by atoms with Crippen LogP contribution in [-0.2, 0) is 9.53 Å². The molecule has 0 unspecified atom stereocenters. The number of ether oxygens (including phenoxy) is 1. The average molecular weight is 257 g/mol. The van der Waals surface area contributed by atoms with E-state index in [0.717, 1.165) is 0 Å². The largest absolute Gasteiger partial charge is 0.469 e. The lowest BCUT2D eigenvalue weighted by Crippen LogP contribution is -2.26. The quantitative estimate of drug-likeness (QED) is 0.627. The summed E-state index contributed by atoms with van der Waals surface area (Å²) in [5.74, 6) is -0.709. The Labute approximate surface area is 104 Å². The summed E-state index contributed by atoms with van der Waals surface area (Å²) in [6, 6.07) is 4.57. The number of methoxy groups -OCH3 is 1. The van der Waals surface area contributed by atoms with Crippen LogP contribution in [0.2, 0.25) is 5.02 Å². The lowest BCUT2D eigenvalue weighted by molar-refractivity contribution is -0.140. The fraction of sp³-hybridized carbons (Fsp3) is 0.273. The Morgan fingerprint density at radius 1 is 1.41 bits per heavy atom. The van der Waals surface area contributed by atoms with E-state index in [1.54, 1.807) is 6.07 Å². The number of hydrogen-bond acceptors (Lipinski definition) is 4. The standard InChI is InChI=1S/C11H13ClN2O3/c1-17-10(15)2-3-14-11(16)7-4-8(12)6-9(13)5-7/h4-6H,2-3,13H2,1H3,(H,14,16). The maximum Gasteiger partial charge on any atom is 0.307 e. The van der Waals surface area contributed by atoms with Crippen molar-refractivity contribution in [2.24, 2.45) is 0 Å². The predicted octanol–water partition coefficient (Wildman–Crippen LogP) is 1.22. The molecule has 0 radical (unpaired) electrons. The highest BCUT2D eigenvalue weighted by Gasteiger charge is 2.08. The van der Waals surface area contributed by atoms with Gasteiger partial charge in [0, 0.05) is 22.8 Å². The van der Waals surface area contributed by atoms with Crippen molar-refractivity contribution in [3.05, 3.63) is 28.8 Å². The van der Waals surface area contributed by atoms with Crippen LogP contribution in [0.4, 0.5) is 5.69 Å². The maximum absolute atomic E-state index is 11.6. The van der Waals surface area contributed by atoms with E-state index in [1.165, 1.54) is 19.2 Å². The molecule has 1 aromatic rings. The van der Waals surface area contributed by atoms with E-state index in [0.29, 0.717) is 16.3 Å². The van der Waals surface area contributed by atoms with Crippen molar-refractivity contribution in [2.75, 3.05) is 19.4 Å². The summed E-state index contributed by atoms with van der Waals surface area (Å²) in [6.07, 6.45) is 0.123. The molecule has 92 valence electrons. The van der Waals surface area contributed by atoms with Crippen LogP contribution in [-0.4, -0.2) is 25.5 Å². The molecule has 17 heavy (non-hydrogen) atoms. The fourth-order valence-corrected chi connectivity index (χ4v) is 1.47. The Hall–Kier alpha value is -1.75. The first-order valence-electron chi connectivity index (χ1n) is 4.94. The molecule has 0 aliphatic carbocycles. The van der Waals surface area contributed by atoms with Gasteiger partial charge in [0.1, 0.15) is 0 Å². The van der Waals surface area contributed by atoms with Gasteiger partial charge in [-0.05, 0) is 18.2 Å². The molecule has 0 bridgehead atoms. The molecule has 0 aromatic heterocycles. The molecule has 0 saturated carbocycles. The van der Waals surface area contributed by atoms with Gasteiger partial charge in [-0.1, -0.05) is 11.6 Å². The highest BCUT2D eigenvalue weighted by atomic mass is 35.5. The maximum atomic E-state index is 11.6. The highest BCUT2D eigenvalue weighted by molar-refractivity contribution is 6.31. The second-order valence-electron chi connectivity index (χ2n) is 3.36. The lowest BCUT2D eigenvalue weighted by Gasteiger charge is -2.05. The van der Waals surface area contributed by atoms with Crippen LogP contribution in [0.5, 0.6) is 0 Å². The summed E-state index contributed by atoms with van der Waals surface area (Å²) >= 11 is 5.77. The molecule has 5 nitrogen and oxygen atoms in total. The molecular weight excluding hydrogens is 244 g/mol. The summed E-state index contributed by atoms with van der Waals surface area (Å²) in [5, 5.41) is 2.96. The number of esters is 1. The van der Waals surface area contributed by atoms with Crippen LogP contribution in [0, 0.1) is 0 Å². The molecular formula is C11H13ClN2O3. The van der Waals surface area contributed by atoms with Crippen LogP contribution >= 0.6 is 11.6 Å². The molecule has 0 spiro atoms. The van der Waals surface area contributed by atoms with E-state index in [9.17, 15) is 9.59 Å². The van der Waals surface area contributed by atoms with Gasteiger partial charge in [-0.2, -0.15) is 0 Å². The minimum atomic E-state index is -0.379. The molecule has 1 aromatic carbocycles. The number of nitrogens with one attached hydrogen (secondary N) is 1. The van der Waals surface area contributed by atoms with Crippen LogP contribution in [0.3, 0.4) is 0 Å². The van der Waals surface area contributed by atoms with Gasteiger partial charge in [0.25, 0.3) is 5.91 Å². The van der Waals surface area contributed by atoms with Crippen LogP contribution < -0.4 is 11.1 Å². The van der Waals surface area contributed by atoms with Gasteiger partial charge in [-0.15, -0.1) is 0 Å². The van der Waals surface area contributed by atoms with E-state index in [-0.39, 0.29) is 24.8 Å². The van der Waals surface area contributed by atoms with Gasteiger partial charge in [0.2, 0.25) is 0 Å². The minimum absolute atomic E-state index is 0.123. The van der Waals surface area contributed by atoms with Gasteiger partial charge in [-0.3, -0.25) is 9.59 Å². The molecule has 0 aliphatic rings. The molecule has 0 fully saturated rings. The first-order valence-corrected chi connectivity index (χ1v) is 5.32. The normalized spacial score (nSPS) is 9.76. The lowest BCUT2D eigenvalue weighted by atomic mass is 10.2. The van der Waals surface area contributed by atoms with Crippen molar-refractivity contribution in [2.45, 2.75) is 6.42 Å². The topological polar surface area (TPSA) is 81.4 Å². The monoisotopic (exact) mass is 256 g/mol. The number of nitrogen functional groups attached to an aromatic ring is 1. The Balaban J connectivity index is 2.55. The number of hydrogen-bond donors (Lipinski definition) is 2. The smallest absolute Gasteiger partial charge is 0.307 e. The number of rotatable bonds is 4. The van der Waals surface area contributed by atoms with Crippen LogP contribution in [0.15, 0.2) is 18.2 Å². The molecule has 3 N–H and O–H groups in total. The third-order valence-corrected chi connectivity index (χ3v) is 2.24. The Kier molecular flexibility index (Phi) is 4.78. The van der Waals surface area contributed by atoms with Gasteiger partial charge < -0.3 is 15.8 Å². The number of anilines is 1. The minimum Gasteiger partial charge on any atom is -0.469 e. The summed E-state index contributed by atoms with van der Waals surface area (Å²) in [5.41, 5.74) is 6.33. The number of carbonyl (C=O) groups excluding carboxylic acids is 2. The van der Waals surface area contributed by atoms with E-state index < -0.39 is 0 Å². The van der Waals surface area contributed by atoms with Crippen molar-refractivity contribution in [1.82, 2.24) is 5.32 Å². The van der Waals surface area contributed by atoms with E-state index in [4.69, 9.17) is 17.3 Å². The van der Waals surface area contributed by atoms with Crippen molar-refractivity contribution < 1.29 is 14.3 Å². The van der Waals surface area contributed by atoms with Gasteiger partial charge in [0.05, 0.1) is 13.5 Å². The van der Waals surface area contributed by atoms with Gasteiger partial charge >= 0.3 is 5.97 Å². The number of benzene rings is 1. The number of amides is 1. The molecule has 6 heteroatoms. The number of nitrogens with two attached hydrogens (primary N) is 1. The molecule has 0 aliphatic heterocycles. The summed E-state index contributed by atoms with van der Waals surface area (Å²) in [7, 11) is 1.29. The zero-order chi connectivity index (χ0) is 12.8. The first kappa shape index (κ1) is 13.3. The molecule has 1 amide bonds. The van der Waals surface area contributed by atoms with Crippen molar-refractivity contribution in [1.29, 1.82) is 0 Å². The third-order valence-electron chi connectivity index (χ3n) is 2.02. The Morgan fingerprint density at radius 3 is 2.71 bits per heavy atom. The number of halogens is 1. The van der Waals surface area contributed by atoms with Crippen molar-refractivity contribution in [3.8, 4) is 0 Å². The predicted molar refractivity (Wildman–Crippen MR) is 64.8 cm³/mol. The Morgan fingerprint density at radius 2 is 2.12 bits per heavy atom. The summed E-state index contributed by atoms with van der Waals surface area (Å²) in [6.45, 7) is 0.206. The van der Waals surface area contributed by atoms with Gasteiger partial charge in [-0.25, -0.2) is 0 Å². The number of carbonyl (C=O) groups is 2. The van der Waals surface area contributed by atoms with Crippen LogP contribution in [0.1, 0.15) is 16.8 Å². The average Bonchev–Trinajstić information content (AvgIpc) is 2.27. The highest BCUT2D eigenvalue weighted by Crippen LogP contribution is 2.16. The van der Waals surface area contributed by atoms with Crippen LogP contribution in [0.25, 0.3) is 0 Å². The summed E-state index contributed by atoms with van der Waals surface area (Å²) in [4.78, 5) is 22.5. The van der Waals surface area contributed by atoms with Crippen molar-refractivity contribution >= 4 is 29.2 Å². The van der Waals surface area contributed by atoms with E-state index >= 15 is 0 Å². The molecule has 0 heterocycles. The van der Waals surface area contributed by atoms with Gasteiger partial charge in [0.15, 0.2) is 0 Å². The zero-order valence-corrected chi connectivity index (χ0v) is 10.1. The molecule has 0 atom stereocenters. The SMILES string of the molecule is COC(=O)CCNC(=O)c1cc(N)cc(Cl)c1.